The minimum absolute atomic E-state index is 0.0699. The first kappa shape index (κ1) is 27.0. The number of nitrogens with zero attached hydrogens (tertiary/aromatic N) is 4. The number of ether oxygens (including phenoxy) is 3. The van der Waals surface area contributed by atoms with Crippen molar-refractivity contribution in [2.24, 2.45) is 4.99 Å². The molecule has 1 unspecified atom stereocenters. The lowest BCUT2D eigenvalue weighted by molar-refractivity contribution is -0.197. The fourth-order valence-electron chi connectivity index (χ4n) is 5.19. The van der Waals surface area contributed by atoms with Crippen LogP contribution in [0.25, 0.3) is 0 Å². The van der Waals surface area contributed by atoms with E-state index in [-0.39, 0.29) is 11.5 Å². The van der Waals surface area contributed by atoms with Crippen LogP contribution in [0.3, 0.4) is 0 Å². The highest BCUT2D eigenvalue weighted by Gasteiger charge is 2.45. The molecule has 0 aromatic heterocycles. The third kappa shape index (κ3) is 5.06. The van der Waals surface area contributed by atoms with E-state index in [1.165, 1.54) is 0 Å². The van der Waals surface area contributed by atoms with Crippen LogP contribution in [0.1, 0.15) is 26.2 Å². The number of amides is 2. The minimum Gasteiger partial charge on any atom is -0.747 e. The Hall–Kier alpha value is -4.24. The second kappa shape index (κ2) is 10.3. The smallest absolute Gasteiger partial charge is 0.333 e. The van der Waals surface area contributed by atoms with Gasteiger partial charge in [0, 0.05) is 31.2 Å². The maximum Gasteiger partial charge on any atom is 0.333 e. The Morgan fingerprint density at radius 3 is 2.68 bits per heavy atom. The topological polar surface area (TPSA) is 167 Å². The summed E-state index contributed by atoms with van der Waals surface area (Å²) in [5.41, 5.74) is 1.61. The summed E-state index contributed by atoms with van der Waals surface area (Å²) >= 11 is 0. The fourth-order valence-corrected chi connectivity index (χ4v) is 5.88. The summed E-state index contributed by atoms with van der Waals surface area (Å²) in [4.78, 5) is 48.0. The van der Waals surface area contributed by atoms with Crippen LogP contribution in [0, 0.1) is 0 Å². The molecular weight excluding hydrogens is 560 g/mol. The van der Waals surface area contributed by atoms with Crippen molar-refractivity contribution in [1.82, 2.24) is 9.64 Å². The average molecular weight is 587 g/mol. The van der Waals surface area contributed by atoms with Crippen molar-refractivity contribution in [3.05, 3.63) is 35.0 Å². The van der Waals surface area contributed by atoms with E-state index in [1.54, 1.807) is 6.07 Å². The molecule has 0 saturated carbocycles. The number of hydroxylamine groups is 2. The summed E-state index contributed by atoms with van der Waals surface area (Å²) in [6.45, 7) is 5.67. The molecule has 4 heterocycles. The van der Waals surface area contributed by atoms with Crippen molar-refractivity contribution in [2.75, 3.05) is 44.3 Å². The Labute approximate surface area is 234 Å². The van der Waals surface area contributed by atoms with Crippen molar-refractivity contribution in [2.45, 2.75) is 31.4 Å². The van der Waals surface area contributed by atoms with Gasteiger partial charge in [-0.1, -0.05) is 0 Å². The third-order valence-electron chi connectivity index (χ3n) is 7.26. The molecule has 2 aromatic carbocycles. The first-order valence-electron chi connectivity index (χ1n) is 13.2. The van der Waals surface area contributed by atoms with Crippen LogP contribution in [-0.4, -0.2) is 80.5 Å². The van der Waals surface area contributed by atoms with E-state index in [4.69, 9.17) is 24.0 Å². The molecule has 1 fully saturated rings. The van der Waals surface area contributed by atoms with E-state index < -0.39 is 39.6 Å². The van der Waals surface area contributed by atoms with Crippen LogP contribution in [0.5, 0.6) is 23.0 Å². The summed E-state index contributed by atoms with van der Waals surface area (Å²) < 4.78 is 53.5. The van der Waals surface area contributed by atoms with E-state index in [1.807, 2.05) is 22.8 Å². The lowest BCUT2D eigenvalue weighted by Crippen LogP contribution is -2.41. The molecule has 1 saturated heterocycles. The molecule has 4 aliphatic heterocycles. The maximum absolute atomic E-state index is 12.3. The molecule has 0 aliphatic carbocycles. The number of hydrogen-bond donors (Lipinski definition) is 0. The lowest BCUT2D eigenvalue weighted by Gasteiger charge is -2.31. The summed E-state index contributed by atoms with van der Waals surface area (Å²) in [5.74, 6) is -0.765. The van der Waals surface area contributed by atoms with Gasteiger partial charge in [-0.25, -0.2) is 22.8 Å². The van der Waals surface area contributed by atoms with Gasteiger partial charge in [0.15, 0.2) is 23.8 Å². The molecule has 2 aromatic rings. The first-order valence-corrected chi connectivity index (χ1v) is 14.6. The Morgan fingerprint density at radius 2 is 1.93 bits per heavy atom. The van der Waals surface area contributed by atoms with Crippen LogP contribution >= 0.6 is 0 Å². The van der Waals surface area contributed by atoms with Crippen molar-refractivity contribution in [3.63, 3.8) is 0 Å². The Kier molecular flexibility index (Phi) is 6.77. The molecule has 216 valence electrons. The standard InChI is InChI=1S/C26H26N4O10S/c1-2-28-6-8-37-21-10-15-19(12-17(21)28)39-20-13-18-22(11-16(20)27-15)38-9-7-29(18)5-3-4-25(32)40-30-24(31)14-23(26(30)33)41(34,35)36/h10-13,23H,2-9,14H2,1H3. The van der Waals surface area contributed by atoms with E-state index in [0.717, 1.165) is 29.9 Å². The number of carbonyl (C=O) groups is 3. The number of likely N-dealkylation sites (N-methyl/N-ethyl adjacent to an activating group) is 1. The monoisotopic (exact) mass is 586 g/mol. The molecule has 41 heavy (non-hydrogen) atoms. The van der Waals surface area contributed by atoms with E-state index >= 15 is 0 Å². The first-order chi connectivity index (χ1) is 19.6. The van der Waals surface area contributed by atoms with Crippen molar-refractivity contribution < 1.29 is 46.4 Å². The summed E-state index contributed by atoms with van der Waals surface area (Å²) in [6, 6.07) is 7.46. The second-order valence-electron chi connectivity index (χ2n) is 9.83. The van der Waals surface area contributed by atoms with Gasteiger partial charge >= 0.3 is 5.97 Å². The Bertz CT molecular complexity index is 1710. The molecule has 0 bridgehead atoms. The number of rotatable bonds is 7. The fraction of sp³-hybridized carbons (Fsp3) is 0.423. The third-order valence-corrected chi connectivity index (χ3v) is 8.32. The Balaban J connectivity index is 1.18. The highest BCUT2D eigenvalue weighted by Crippen LogP contribution is 2.44. The summed E-state index contributed by atoms with van der Waals surface area (Å²) in [5, 5.41) is -0.640. The van der Waals surface area contributed by atoms with Crippen LogP contribution in [-0.2, 0) is 29.3 Å². The predicted octanol–water partition coefficient (Wildman–Crippen LogP) is -0.243. The SMILES string of the molecule is CCN1CCOc2cc3c(cc21)Oc1cc2c(cc1=N3)OCC[N+]=2CCCC(=O)ON1C(=O)CC(S(=O)(=O)[O-])C1=O. The van der Waals surface area contributed by atoms with Gasteiger partial charge in [0.05, 0.1) is 31.1 Å². The second-order valence-corrected chi connectivity index (χ2v) is 11.4. The lowest BCUT2D eigenvalue weighted by atomic mass is 10.1. The van der Waals surface area contributed by atoms with E-state index in [2.05, 4.69) is 11.8 Å². The number of carbonyl (C=O) groups excluding carboxylic acids is 3. The van der Waals surface area contributed by atoms with Crippen molar-refractivity contribution in [1.29, 1.82) is 0 Å². The highest BCUT2D eigenvalue weighted by molar-refractivity contribution is 7.87. The quantitative estimate of drug-likeness (QED) is 0.204. The molecule has 2 amide bonds. The van der Waals surface area contributed by atoms with Gasteiger partial charge in [-0.2, -0.15) is 0 Å². The van der Waals surface area contributed by atoms with Gasteiger partial charge in [0.2, 0.25) is 5.36 Å². The molecule has 15 heteroatoms. The number of imide groups is 1. The maximum atomic E-state index is 12.3. The zero-order valence-electron chi connectivity index (χ0n) is 22.0. The van der Waals surface area contributed by atoms with Gasteiger partial charge in [0.1, 0.15) is 51.9 Å². The average Bonchev–Trinajstić information content (AvgIpc) is 3.22. The molecule has 14 nitrogen and oxygen atoms in total. The molecule has 0 N–H and O–H groups in total. The van der Waals surface area contributed by atoms with Crippen LogP contribution in [0.2, 0.25) is 0 Å². The molecule has 0 spiro atoms. The number of fused-ring (bicyclic) bond motifs is 4. The van der Waals surface area contributed by atoms with Crippen molar-refractivity contribution >= 4 is 39.3 Å². The summed E-state index contributed by atoms with van der Waals surface area (Å²) in [6.07, 6.45) is -0.718. The van der Waals surface area contributed by atoms with Crippen molar-refractivity contribution in [3.8, 4) is 23.0 Å². The number of anilines is 1. The minimum atomic E-state index is -5.04. The zero-order chi connectivity index (χ0) is 28.9. The molecule has 6 rings (SSSR count). The molecular formula is C26H26N4O10S. The molecule has 4 aliphatic rings. The molecule has 0 radical (unpaired) electrons. The summed E-state index contributed by atoms with van der Waals surface area (Å²) in [7, 11) is -5.04. The van der Waals surface area contributed by atoms with Crippen LogP contribution in [0.15, 0.2) is 29.3 Å². The van der Waals surface area contributed by atoms with Crippen LogP contribution in [0.4, 0.5) is 11.4 Å². The van der Waals surface area contributed by atoms with Gasteiger partial charge in [-0.15, -0.1) is 5.06 Å². The highest BCUT2D eigenvalue weighted by atomic mass is 32.2. The van der Waals surface area contributed by atoms with E-state index in [9.17, 15) is 27.4 Å². The number of benzene rings is 2. The van der Waals surface area contributed by atoms with Gasteiger partial charge in [-0.3, -0.25) is 9.59 Å². The Morgan fingerprint density at radius 1 is 1.12 bits per heavy atom. The van der Waals surface area contributed by atoms with Gasteiger partial charge in [-0.05, 0) is 6.92 Å². The molecule has 1 atom stereocenters. The predicted molar refractivity (Wildman–Crippen MR) is 139 cm³/mol. The largest absolute Gasteiger partial charge is 0.747 e. The van der Waals surface area contributed by atoms with Gasteiger partial charge in [0.25, 0.3) is 11.8 Å². The zero-order valence-corrected chi connectivity index (χ0v) is 22.8. The normalized spacial score (nSPS) is 19.2. The number of hydrogen-bond acceptors (Lipinski definition) is 12. The van der Waals surface area contributed by atoms with E-state index in [0.29, 0.717) is 61.0 Å². The van der Waals surface area contributed by atoms with Crippen LogP contribution < -0.4 is 34.4 Å². The van der Waals surface area contributed by atoms with Gasteiger partial charge < -0.3 is 28.5 Å².